The fourth-order valence-electron chi connectivity index (χ4n) is 3.53. The molecule has 4 heteroatoms. The summed E-state index contributed by atoms with van der Waals surface area (Å²) in [6.07, 6.45) is 5.48. The summed E-state index contributed by atoms with van der Waals surface area (Å²) in [6.45, 7) is 11.9. The van der Waals surface area contributed by atoms with Gasteiger partial charge in [0.2, 0.25) is 0 Å². The van der Waals surface area contributed by atoms with Gasteiger partial charge in [0.1, 0.15) is 11.4 Å². The van der Waals surface area contributed by atoms with Gasteiger partial charge in [0, 0.05) is 18.7 Å². The van der Waals surface area contributed by atoms with Crippen molar-refractivity contribution in [1.82, 2.24) is 4.90 Å². The summed E-state index contributed by atoms with van der Waals surface area (Å²) in [5.74, 6) is 1.00. The molecule has 0 N–H and O–H groups in total. The predicted molar refractivity (Wildman–Crippen MR) is 95.6 cm³/mol. The van der Waals surface area contributed by atoms with E-state index in [0.29, 0.717) is 13.1 Å². The Balaban J connectivity index is 1.85. The molecule has 1 aromatic rings. The summed E-state index contributed by atoms with van der Waals surface area (Å²) in [6, 6.07) is 2.18. The van der Waals surface area contributed by atoms with Crippen molar-refractivity contribution < 1.29 is 14.3 Å². The maximum Gasteiger partial charge on any atom is 0.410 e. The number of benzene rings is 1. The number of amides is 1. The van der Waals surface area contributed by atoms with Crippen LogP contribution in [0, 0.1) is 0 Å². The molecular weight excluding hydrogens is 302 g/mol. The number of nitrogens with zero attached hydrogens (tertiary/aromatic N) is 1. The lowest BCUT2D eigenvalue weighted by Crippen LogP contribution is -2.38. The molecule has 0 spiro atoms. The highest BCUT2D eigenvalue weighted by Gasteiger charge is 2.27. The van der Waals surface area contributed by atoms with Gasteiger partial charge in [0.15, 0.2) is 0 Å². The van der Waals surface area contributed by atoms with Crippen LogP contribution in [0.4, 0.5) is 4.79 Å². The maximum atomic E-state index is 12.4. The summed E-state index contributed by atoms with van der Waals surface area (Å²) < 4.78 is 11.4. The van der Waals surface area contributed by atoms with E-state index in [9.17, 15) is 4.79 Å². The number of hydrogen-bond donors (Lipinski definition) is 0. The van der Waals surface area contributed by atoms with Gasteiger partial charge in [0.05, 0.1) is 6.61 Å². The topological polar surface area (TPSA) is 38.8 Å². The van der Waals surface area contributed by atoms with Crippen LogP contribution < -0.4 is 4.74 Å². The molecule has 24 heavy (non-hydrogen) atoms. The Bertz CT molecular complexity index is 658. The van der Waals surface area contributed by atoms with Gasteiger partial charge in [-0.15, -0.1) is 0 Å². The highest BCUT2D eigenvalue weighted by molar-refractivity contribution is 5.69. The van der Waals surface area contributed by atoms with Crippen molar-refractivity contribution >= 4 is 12.2 Å². The fraction of sp³-hybridized carbons (Fsp3) is 0.550. The first-order valence-electron chi connectivity index (χ1n) is 8.80. The molecule has 0 aromatic heterocycles. The number of fused-ring (bicyclic) bond motifs is 2. The van der Waals surface area contributed by atoms with Gasteiger partial charge in [-0.2, -0.15) is 0 Å². The molecule has 0 saturated carbocycles. The van der Waals surface area contributed by atoms with Gasteiger partial charge in [-0.05, 0) is 69.2 Å². The fourth-order valence-corrected chi connectivity index (χ4v) is 3.53. The molecule has 0 bridgehead atoms. The number of carbonyl (C=O) groups excluding carboxylic acids is 1. The van der Waals surface area contributed by atoms with E-state index < -0.39 is 5.60 Å². The molecule has 0 radical (unpaired) electrons. The van der Waals surface area contributed by atoms with Crippen molar-refractivity contribution in [3.05, 3.63) is 34.9 Å². The van der Waals surface area contributed by atoms with Crippen molar-refractivity contribution in [2.45, 2.75) is 52.1 Å². The summed E-state index contributed by atoms with van der Waals surface area (Å²) in [5, 5.41) is 0. The van der Waals surface area contributed by atoms with Crippen LogP contribution in [0.1, 0.15) is 49.4 Å². The molecule has 1 aromatic carbocycles. The minimum absolute atomic E-state index is 0.225. The minimum Gasteiger partial charge on any atom is -0.493 e. The molecule has 0 saturated heterocycles. The van der Waals surface area contributed by atoms with Crippen LogP contribution in [-0.4, -0.2) is 36.3 Å². The third-order valence-electron chi connectivity index (χ3n) is 4.61. The average Bonchev–Trinajstić information content (AvgIpc) is 2.73. The van der Waals surface area contributed by atoms with E-state index in [1.807, 2.05) is 31.7 Å². The zero-order valence-electron chi connectivity index (χ0n) is 15.0. The zero-order chi connectivity index (χ0) is 17.3. The van der Waals surface area contributed by atoms with E-state index in [0.717, 1.165) is 38.0 Å². The van der Waals surface area contributed by atoms with Crippen LogP contribution in [0.15, 0.2) is 12.6 Å². The van der Waals surface area contributed by atoms with Crippen molar-refractivity contribution in [1.29, 1.82) is 0 Å². The molecule has 2 heterocycles. The quantitative estimate of drug-likeness (QED) is 0.782. The molecule has 130 valence electrons. The zero-order valence-corrected chi connectivity index (χ0v) is 15.0. The molecule has 2 aliphatic heterocycles. The van der Waals surface area contributed by atoms with E-state index in [1.54, 1.807) is 0 Å². The number of rotatable bonds is 1. The van der Waals surface area contributed by atoms with E-state index in [2.05, 4.69) is 12.6 Å². The van der Waals surface area contributed by atoms with Crippen LogP contribution in [0.25, 0.3) is 6.08 Å². The Labute approximate surface area is 144 Å². The van der Waals surface area contributed by atoms with E-state index in [4.69, 9.17) is 9.47 Å². The Hall–Kier alpha value is -1.97. The van der Waals surface area contributed by atoms with Gasteiger partial charge in [0.25, 0.3) is 0 Å². The Morgan fingerprint density at radius 2 is 2.00 bits per heavy atom. The minimum atomic E-state index is -0.463. The smallest absolute Gasteiger partial charge is 0.410 e. The lowest BCUT2D eigenvalue weighted by Gasteiger charge is -2.26. The molecule has 0 fully saturated rings. The first-order chi connectivity index (χ1) is 11.4. The van der Waals surface area contributed by atoms with Crippen LogP contribution in [0.3, 0.4) is 0 Å². The second kappa shape index (κ2) is 6.50. The van der Waals surface area contributed by atoms with Gasteiger partial charge in [-0.1, -0.05) is 12.7 Å². The normalized spacial score (nSPS) is 17.2. The molecular formula is C20H27NO3. The second-order valence-corrected chi connectivity index (χ2v) is 7.53. The molecule has 3 rings (SSSR count). The number of carbonyl (C=O) groups is 1. The Morgan fingerprint density at radius 1 is 1.25 bits per heavy atom. The van der Waals surface area contributed by atoms with Crippen molar-refractivity contribution in [3.63, 3.8) is 0 Å². The largest absolute Gasteiger partial charge is 0.493 e. The van der Waals surface area contributed by atoms with Crippen molar-refractivity contribution in [3.8, 4) is 5.75 Å². The predicted octanol–water partition coefficient (Wildman–Crippen LogP) is 3.99. The Morgan fingerprint density at radius 3 is 2.71 bits per heavy atom. The van der Waals surface area contributed by atoms with Crippen LogP contribution in [0.5, 0.6) is 5.75 Å². The van der Waals surface area contributed by atoms with Gasteiger partial charge in [-0.25, -0.2) is 4.79 Å². The third kappa shape index (κ3) is 3.42. The second-order valence-electron chi connectivity index (χ2n) is 7.53. The summed E-state index contributed by atoms with van der Waals surface area (Å²) in [4.78, 5) is 14.2. The van der Waals surface area contributed by atoms with Crippen molar-refractivity contribution in [2.24, 2.45) is 0 Å². The summed E-state index contributed by atoms with van der Waals surface area (Å²) >= 11 is 0. The van der Waals surface area contributed by atoms with Gasteiger partial charge >= 0.3 is 6.09 Å². The molecule has 4 nitrogen and oxygen atoms in total. The van der Waals surface area contributed by atoms with E-state index >= 15 is 0 Å². The van der Waals surface area contributed by atoms with Gasteiger partial charge < -0.3 is 14.4 Å². The van der Waals surface area contributed by atoms with E-state index in [-0.39, 0.29) is 6.09 Å². The number of hydrogen-bond acceptors (Lipinski definition) is 3. The number of ether oxygens (including phenoxy) is 2. The lowest BCUT2D eigenvalue weighted by molar-refractivity contribution is 0.0258. The standard InChI is InChI=1S/C20H27NO3/c1-5-15-16-9-11-21(19(22)24-20(2,3)4)10-8-14(16)13-18-17(15)7-6-12-23-18/h5,13H,1,6-12H2,2-4H3. The van der Waals surface area contributed by atoms with Crippen LogP contribution >= 0.6 is 0 Å². The van der Waals surface area contributed by atoms with Gasteiger partial charge in [-0.3, -0.25) is 0 Å². The summed E-state index contributed by atoms with van der Waals surface area (Å²) in [7, 11) is 0. The molecule has 0 unspecified atom stereocenters. The molecule has 1 amide bonds. The maximum absolute atomic E-state index is 12.4. The monoisotopic (exact) mass is 329 g/mol. The highest BCUT2D eigenvalue weighted by atomic mass is 16.6. The van der Waals surface area contributed by atoms with Crippen molar-refractivity contribution in [2.75, 3.05) is 19.7 Å². The third-order valence-corrected chi connectivity index (χ3v) is 4.61. The van der Waals surface area contributed by atoms with Crippen LogP contribution in [0.2, 0.25) is 0 Å². The lowest BCUT2D eigenvalue weighted by atomic mass is 9.89. The highest BCUT2D eigenvalue weighted by Crippen LogP contribution is 2.35. The summed E-state index contributed by atoms with van der Waals surface area (Å²) in [5.41, 5.74) is 4.63. The molecule has 0 atom stereocenters. The average molecular weight is 329 g/mol. The first kappa shape index (κ1) is 16.9. The van der Waals surface area contributed by atoms with E-state index in [1.165, 1.54) is 22.3 Å². The molecule has 0 aliphatic carbocycles. The molecule has 2 aliphatic rings. The SMILES string of the molecule is C=Cc1c2c(cc3c1CCCO3)CCN(C(=O)OC(C)(C)C)CC2. The van der Waals surface area contributed by atoms with Crippen LogP contribution in [-0.2, 0) is 24.0 Å². The Kier molecular flexibility index (Phi) is 4.57. The first-order valence-corrected chi connectivity index (χ1v) is 8.80.